The first-order valence-corrected chi connectivity index (χ1v) is 4.86. The summed E-state index contributed by atoms with van der Waals surface area (Å²) in [4.78, 5) is 4.06. The Hall–Kier alpha value is -2.21. The molecule has 0 aliphatic rings. The van der Waals surface area contributed by atoms with Gasteiger partial charge in [-0.3, -0.25) is 4.98 Å². The van der Waals surface area contributed by atoms with Gasteiger partial charge in [-0.1, -0.05) is 12.1 Å². The lowest BCUT2D eigenvalue weighted by molar-refractivity contribution is 0.628. The van der Waals surface area contributed by atoms with Gasteiger partial charge in [0.2, 0.25) is 0 Å². The van der Waals surface area contributed by atoms with E-state index in [0.29, 0.717) is 6.42 Å². The van der Waals surface area contributed by atoms with Gasteiger partial charge in [0, 0.05) is 18.0 Å². The second-order valence-corrected chi connectivity index (χ2v) is 3.42. The highest BCUT2D eigenvalue weighted by molar-refractivity contribution is 5.62. The van der Waals surface area contributed by atoms with Gasteiger partial charge in [0.05, 0.1) is 12.5 Å². The average molecular weight is 212 g/mol. The van der Waals surface area contributed by atoms with Gasteiger partial charge >= 0.3 is 0 Å². The van der Waals surface area contributed by atoms with E-state index in [1.807, 2.05) is 6.07 Å². The normalized spacial score (nSPS) is 9.75. The summed E-state index contributed by atoms with van der Waals surface area (Å²) in [6.07, 6.45) is 3.70. The summed E-state index contributed by atoms with van der Waals surface area (Å²) in [5.41, 5.74) is 2.66. The van der Waals surface area contributed by atoms with Crippen LogP contribution in [0.15, 0.2) is 42.7 Å². The van der Waals surface area contributed by atoms with Crippen LogP contribution >= 0.6 is 0 Å². The molecule has 1 aromatic carbocycles. The first-order chi connectivity index (χ1) is 7.79. The third-order valence-corrected chi connectivity index (χ3v) is 2.26. The maximum atomic E-state index is 12.7. The number of rotatable bonds is 2. The van der Waals surface area contributed by atoms with Crippen molar-refractivity contribution in [2.24, 2.45) is 0 Å². The zero-order valence-electron chi connectivity index (χ0n) is 8.52. The van der Waals surface area contributed by atoms with Crippen molar-refractivity contribution < 1.29 is 4.39 Å². The van der Waals surface area contributed by atoms with Gasteiger partial charge in [0.25, 0.3) is 0 Å². The van der Waals surface area contributed by atoms with Gasteiger partial charge < -0.3 is 0 Å². The molecule has 78 valence electrons. The van der Waals surface area contributed by atoms with Crippen molar-refractivity contribution in [1.82, 2.24) is 4.98 Å². The predicted octanol–water partition coefficient (Wildman–Crippen LogP) is 2.95. The first kappa shape index (κ1) is 10.3. The van der Waals surface area contributed by atoms with Crippen molar-refractivity contribution in [3.8, 4) is 17.2 Å². The minimum Gasteiger partial charge on any atom is -0.264 e. The lowest BCUT2D eigenvalue weighted by Crippen LogP contribution is -1.86. The molecule has 3 heteroatoms. The number of pyridine rings is 1. The molecular weight excluding hydrogens is 203 g/mol. The second-order valence-electron chi connectivity index (χ2n) is 3.42. The largest absolute Gasteiger partial charge is 0.264 e. The Bertz CT molecular complexity index is 526. The van der Waals surface area contributed by atoms with E-state index in [-0.39, 0.29) is 5.82 Å². The highest BCUT2D eigenvalue weighted by atomic mass is 19.1. The second kappa shape index (κ2) is 4.54. The molecule has 0 bridgehead atoms. The van der Waals surface area contributed by atoms with Crippen LogP contribution in [0.25, 0.3) is 11.1 Å². The highest BCUT2D eigenvalue weighted by Crippen LogP contribution is 2.19. The quantitative estimate of drug-likeness (QED) is 0.767. The summed E-state index contributed by atoms with van der Waals surface area (Å²) < 4.78 is 12.7. The van der Waals surface area contributed by atoms with Crippen LogP contribution in [0.3, 0.4) is 0 Å². The predicted molar refractivity (Wildman–Crippen MR) is 58.9 cm³/mol. The summed E-state index contributed by atoms with van der Waals surface area (Å²) >= 11 is 0. The number of benzene rings is 1. The highest BCUT2D eigenvalue weighted by Gasteiger charge is 2.00. The molecule has 1 heterocycles. The molecule has 0 aliphatic carbocycles. The van der Waals surface area contributed by atoms with Gasteiger partial charge in [-0.05, 0) is 29.3 Å². The van der Waals surface area contributed by atoms with Crippen LogP contribution < -0.4 is 0 Å². The van der Waals surface area contributed by atoms with Crippen molar-refractivity contribution in [3.63, 3.8) is 0 Å². The SMILES string of the molecule is N#CCc1cncc(-c2ccc(F)cc2)c1. The molecule has 0 saturated carbocycles. The Balaban J connectivity index is 2.37. The monoisotopic (exact) mass is 212 g/mol. The minimum atomic E-state index is -0.259. The van der Waals surface area contributed by atoms with Crippen LogP contribution in [0.4, 0.5) is 4.39 Å². The van der Waals surface area contributed by atoms with Crippen molar-refractivity contribution in [2.75, 3.05) is 0 Å². The molecule has 16 heavy (non-hydrogen) atoms. The molecule has 0 fully saturated rings. The molecule has 0 N–H and O–H groups in total. The molecule has 0 radical (unpaired) electrons. The number of nitrogens with zero attached hydrogens (tertiary/aromatic N) is 2. The standard InChI is InChI=1S/C13H9FN2/c14-13-3-1-11(2-4-13)12-7-10(5-6-15)8-16-9-12/h1-4,7-9H,5H2. The van der Waals surface area contributed by atoms with Gasteiger partial charge in [-0.15, -0.1) is 0 Å². The molecule has 2 rings (SSSR count). The van der Waals surface area contributed by atoms with Crippen LogP contribution in [0, 0.1) is 17.1 Å². The van der Waals surface area contributed by atoms with Crippen LogP contribution in [0.1, 0.15) is 5.56 Å². The minimum absolute atomic E-state index is 0.259. The van der Waals surface area contributed by atoms with Crippen molar-refractivity contribution in [2.45, 2.75) is 6.42 Å². The summed E-state index contributed by atoms with van der Waals surface area (Å²) in [5, 5.41) is 8.59. The summed E-state index contributed by atoms with van der Waals surface area (Å²) in [7, 11) is 0. The fourth-order valence-electron chi connectivity index (χ4n) is 1.48. The molecule has 0 saturated heterocycles. The van der Waals surface area contributed by atoms with Gasteiger partial charge in [0.15, 0.2) is 0 Å². The Morgan fingerprint density at radius 1 is 1.12 bits per heavy atom. The van der Waals surface area contributed by atoms with Crippen LogP contribution in [-0.4, -0.2) is 4.98 Å². The lowest BCUT2D eigenvalue weighted by atomic mass is 10.1. The van der Waals surface area contributed by atoms with Crippen LogP contribution in [0.5, 0.6) is 0 Å². The van der Waals surface area contributed by atoms with Gasteiger partial charge in [0.1, 0.15) is 5.82 Å². The van der Waals surface area contributed by atoms with Crippen molar-refractivity contribution >= 4 is 0 Å². The fraction of sp³-hybridized carbons (Fsp3) is 0.0769. The fourth-order valence-corrected chi connectivity index (χ4v) is 1.48. The van der Waals surface area contributed by atoms with E-state index in [1.54, 1.807) is 24.5 Å². The summed E-state index contributed by atoms with van der Waals surface area (Å²) in [5.74, 6) is -0.259. The Morgan fingerprint density at radius 3 is 2.56 bits per heavy atom. The Kier molecular flexibility index (Phi) is 2.93. The number of nitriles is 1. The summed E-state index contributed by atoms with van der Waals surface area (Å²) in [6, 6.07) is 10.2. The van der Waals surface area contributed by atoms with E-state index in [0.717, 1.165) is 16.7 Å². The third kappa shape index (κ3) is 2.23. The number of hydrogen-bond donors (Lipinski definition) is 0. The Labute approximate surface area is 93.0 Å². The van der Waals surface area contributed by atoms with Crippen LogP contribution in [0.2, 0.25) is 0 Å². The van der Waals surface area contributed by atoms with E-state index in [4.69, 9.17) is 5.26 Å². The third-order valence-electron chi connectivity index (χ3n) is 2.26. The zero-order valence-corrected chi connectivity index (χ0v) is 8.52. The van der Waals surface area contributed by atoms with Crippen molar-refractivity contribution in [3.05, 3.63) is 54.1 Å². The van der Waals surface area contributed by atoms with E-state index < -0.39 is 0 Å². The van der Waals surface area contributed by atoms with Crippen LogP contribution in [-0.2, 0) is 6.42 Å². The summed E-state index contributed by atoms with van der Waals surface area (Å²) in [6.45, 7) is 0. The van der Waals surface area contributed by atoms with E-state index in [2.05, 4.69) is 11.1 Å². The molecule has 1 aromatic heterocycles. The molecule has 0 amide bonds. The van der Waals surface area contributed by atoms with E-state index in [9.17, 15) is 4.39 Å². The topological polar surface area (TPSA) is 36.7 Å². The van der Waals surface area contributed by atoms with Crippen molar-refractivity contribution in [1.29, 1.82) is 5.26 Å². The molecule has 0 aliphatic heterocycles. The molecular formula is C13H9FN2. The number of aromatic nitrogens is 1. The molecule has 2 aromatic rings. The van der Waals surface area contributed by atoms with Gasteiger partial charge in [-0.25, -0.2) is 4.39 Å². The first-order valence-electron chi connectivity index (χ1n) is 4.86. The molecule has 2 nitrogen and oxygen atoms in total. The molecule has 0 unspecified atom stereocenters. The number of hydrogen-bond acceptors (Lipinski definition) is 2. The van der Waals surface area contributed by atoms with E-state index >= 15 is 0 Å². The van der Waals surface area contributed by atoms with Gasteiger partial charge in [-0.2, -0.15) is 5.26 Å². The lowest BCUT2D eigenvalue weighted by Gasteiger charge is -2.02. The maximum absolute atomic E-state index is 12.7. The average Bonchev–Trinajstić information content (AvgIpc) is 2.31. The molecule has 0 spiro atoms. The molecule has 0 atom stereocenters. The Morgan fingerprint density at radius 2 is 1.88 bits per heavy atom. The zero-order chi connectivity index (χ0) is 11.4. The number of halogens is 1. The van der Waals surface area contributed by atoms with E-state index in [1.165, 1.54) is 12.1 Å². The smallest absolute Gasteiger partial charge is 0.123 e. The maximum Gasteiger partial charge on any atom is 0.123 e.